The quantitative estimate of drug-likeness (QED) is 0.244. The van der Waals surface area contributed by atoms with Crippen molar-refractivity contribution >= 4 is 16.0 Å². The van der Waals surface area contributed by atoms with E-state index in [1.807, 2.05) is 45.0 Å². The second-order valence-electron chi connectivity index (χ2n) is 12.8. The molecular formula is C33H42N2O5S. The van der Waals surface area contributed by atoms with Crippen LogP contribution < -0.4 is 9.46 Å². The largest absolute Gasteiger partial charge is 0.482 e. The van der Waals surface area contributed by atoms with E-state index in [-0.39, 0.29) is 17.0 Å². The van der Waals surface area contributed by atoms with Gasteiger partial charge in [-0.1, -0.05) is 63.1 Å². The molecule has 220 valence electrons. The van der Waals surface area contributed by atoms with E-state index in [1.165, 1.54) is 5.56 Å². The minimum absolute atomic E-state index is 0.00294. The van der Waals surface area contributed by atoms with E-state index >= 15 is 0 Å². The first-order valence-electron chi connectivity index (χ1n) is 14.2. The van der Waals surface area contributed by atoms with Crippen LogP contribution in [-0.2, 0) is 31.4 Å². The highest BCUT2D eigenvalue weighted by Gasteiger charge is 2.28. The lowest BCUT2D eigenvalue weighted by atomic mass is 9.84. The minimum atomic E-state index is -3.89. The summed E-state index contributed by atoms with van der Waals surface area (Å²) in [4.78, 5) is 16.6. The van der Waals surface area contributed by atoms with Crippen molar-refractivity contribution in [1.29, 1.82) is 0 Å². The lowest BCUT2D eigenvalue weighted by molar-refractivity contribution is -0.157. The van der Waals surface area contributed by atoms with Crippen LogP contribution in [0.4, 0.5) is 0 Å². The number of sulfonamides is 1. The SMILES string of the molecule is Cc1cc(-c2ccc(S(=O)(=O)NC3CCCCc4c(OCC(=O)OC(C)(C)C)cccc43)nc2)cc(C(C)(C)C)c1. The second kappa shape index (κ2) is 11.9. The molecule has 0 aliphatic heterocycles. The number of carbonyl (C=O) groups is 1. The van der Waals surface area contributed by atoms with Crippen LogP contribution in [-0.4, -0.2) is 31.6 Å². The van der Waals surface area contributed by atoms with Crippen molar-refractivity contribution in [2.24, 2.45) is 0 Å². The molecule has 0 fully saturated rings. The number of hydrogen-bond acceptors (Lipinski definition) is 6. The topological polar surface area (TPSA) is 94.6 Å². The van der Waals surface area contributed by atoms with Crippen LogP contribution in [0.15, 0.2) is 59.8 Å². The monoisotopic (exact) mass is 578 g/mol. The van der Waals surface area contributed by atoms with Gasteiger partial charge in [-0.3, -0.25) is 0 Å². The van der Waals surface area contributed by atoms with Gasteiger partial charge in [-0.25, -0.2) is 22.9 Å². The predicted octanol–water partition coefficient (Wildman–Crippen LogP) is 6.82. The minimum Gasteiger partial charge on any atom is -0.482 e. The predicted molar refractivity (Wildman–Crippen MR) is 162 cm³/mol. The van der Waals surface area contributed by atoms with Crippen molar-refractivity contribution in [2.45, 2.75) is 96.2 Å². The Bertz CT molecular complexity index is 1500. The van der Waals surface area contributed by atoms with E-state index in [2.05, 4.69) is 55.6 Å². The smallest absolute Gasteiger partial charge is 0.344 e. The molecule has 0 saturated heterocycles. The number of fused-ring (bicyclic) bond motifs is 1. The van der Waals surface area contributed by atoms with Crippen molar-refractivity contribution in [3.8, 4) is 16.9 Å². The number of esters is 1. The van der Waals surface area contributed by atoms with Crippen LogP contribution >= 0.6 is 0 Å². The first-order chi connectivity index (χ1) is 19.1. The Balaban J connectivity index is 1.54. The van der Waals surface area contributed by atoms with Gasteiger partial charge in [0.15, 0.2) is 11.6 Å². The molecule has 0 saturated carbocycles. The maximum absolute atomic E-state index is 13.5. The number of nitrogens with one attached hydrogen (secondary N) is 1. The van der Waals surface area contributed by atoms with Gasteiger partial charge in [-0.05, 0) is 92.8 Å². The van der Waals surface area contributed by atoms with Crippen molar-refractivity contribution in [1.82, 2.24) is 9.71 Å². The van der Waals surface area contributed by atoms with Gasteiger partial charge in [-0.15, -0.1) is 0 Å². The van der Waals surface area contributed by atoms with Gasteiger partial charge in [0.2, 0.25) is 0 Å². The molecular weight excluding hydrogens is 536 g/mol. The molecule has 1 heterocycles. The van der Waals surface area contributed by atoms with Gasteiger partial charge in [0, 0.05) is 17.8 Å². The highest BCUT2D eigenvalue weighted by molar-refractivity contribution is 7.89. The number of rotatable bonds is 7. The fourth-order valence-electron chi connectivity index (χ4n) is 5.09. The number of aryl methyl sites for hydroxylation is 1. The first kappa shape index (κ1) is 30.7. The maximum atomic E-state index is 13.5. The molecule has 1 unspecified atom stereocenters. The van der Waals surface area contributed by atoms with Crippen molar-refractivity contribution < 1.29 is 22.7 Å². The number of pyridine rings is 1. The van der Waals surface area contributed by atoms with Crippen LogP contribution in [0.2, 0.25) is 0 Å². The van der Waals surface area contributed by atoms with E-state index in [0.717, 1.165) is 47.1 Å². The maximum Gasteiger partial charge on any atom is 0.344 e. The molecule has 0 bridgehead atoms. The van der Waals surface area contributed by atoms with Crippen LogP contribution in [0.3, 0.4) is 0 Å². The Morgan fingerprint density at radius 3 is 2.41 bits per heavy atom. The highest BCUT2D eigenvalue weighted by atomic mass is 32.2. The van der Waals surface area contributed by atoms with Crippen LogP contribution in [0.25, 0.3) is 11.1 Å². The molecule has 1 aliphatic rings. The molecule has 2 aromatic carbocycles. The summed E-state index contributed by atoms with van der Waals surface area (Å²) in [5.41, 5.74) is 5.41. The van der Waals surface area contributed by atoms with Gasteiger partial charge in [0.25, 0.3) is 10.0 Å². The molecule has 1 aromatic heterocycles. The Morgan fingerprint density at radius 1 is 1.00 bits per heavy atom. The zero-order chi connectivity index (χ0) is 30.0. The van der Waals surface area contributed by atoms with Gasteiger partial charge in [-0.2, -0.15) is 0 Å². The zero-order valence-corrected chi connectivity index (χ0v) is 26.0. The normalized spacial score (nSPS) is 16.0. The summed E-state index contributed by atoms with van der Waals surface area (Å²) in [7, 11) is -3.89. The second-order valence-corrected chi connectivity index (χ2v) is 14.5. The van der Waals surface area contributed by atoms with E-state index < -0.39 is 27.6 Å². The third kappa shape index (κ3) is 7.95. The zero-order valence-electron chi connectivity index (χ0n) is 25.2. The van der Waals surface area contributed by atoms with Crippen molar-refractivity contribution in [3.05, 3.63) is 77.0 Å². The molecule has 8 heteroatoms. The number of ether oxygens (including phenoxy) is 2. The van der Waals surface area contributed by atoms with Crippen LogP contribution in [0.5, 0.6) is 5.75 Å². The molecule has 1 aliphatic carbocycles. The number of carbonyl (C=O) groups excluding carboxylic acids is 1. The van der Waals surface area contributed by atoms with Crippen molar-refractivity contribution in [2.75, 3.05) is 6.61 Å². The average Bonchev–Trinajstić information content (AvgIpc) is 3.08. The third-order valence-corrected chi connectivity index (χ3v) is 8.45. The van der Waals surface area contributed by atoms with Crippen molar-refractivity contribution in [3.63, 3.8) is 0 Å². The third-order valence-electron chi connectivity index (χ3n) is 7.07. The Kier molecular flexibility index (Phi) is 8.95. The van der Waals surface area contributed by atoms with Gasteiger partial charge in [0.05, 0.1) is 0 Å². The fraction of sp³-hybridized carbons (Fsp3) is 0.455. The average molecular weight is 579 g/mol. The Hall–Kier alpha value is -3.23. The number of nitrogens with zero attached hydrogens (tertiary/aromatic N) is 1. The molecule has 3 aromatic rings. The lowest BCUT2D eigenvalue weighted by Crippen LogP contribution is -2.30. The highest BCUT2D eigenvalue weighted by Crippen LogP contribution is 2.35. The van der Waals surface area contributed by atoms with E-state index in [0.29, 0.717) is 12.2 Å². The summed E-state index contributed by atoms with van der Waals surface area (Å²) in [6, 6.07) is 14.9. The first-order valence-corrected chi connectivity index (χ1v) is 15.7. The lowest BCUT2D eigenvalue weighted by Gasteiger charge is -2.22. The summed E-state index contributed by atoms with van der Waals surface area (Å²) >= 11 is 0. The fourth-order valence-corrected chi connectivity index (χ4v) is 6.27. The molecule has 0 radical (unpaired) electrons. The van der Waals surface area contributed by atoms with Gasteiger partial charge in [0.1, 0.15) is 11.4 Å². The summed E-state index contributed by atoms with van der Waals surface area (Å²) in [6.07, 6.45) is 4.75. The molecule has 1 N–H and O–H groups in total. The van der Waals surface area contributed by atoms with Gasteiger partial charge < -0.3 is 9.47 Å². The Morgan fingerprint density at radius 2 is 1.76 bits per heavy atom. The molecule has 1 atom stereocenters. The summed E-state index contributed by atoms with van der Waals surface area (Å²) in [6.45, 7) is 13.8. The number of benzene rings is 2. The summed E-state index contributed by atoms with van der Waals surface area (Å²) < 4.78 is 41.1. The van der Waals surface area contributed by atoms with E-state index in [9.17, 15) is 13.2 Å². The molecule has 41 heavy (non-hydrogen) atoms. The van der Waals surface area contributed by atoms with E-state index in [1.54, 1.807) is 12.3 Å². The number of hydrogen-bond donors (Lipinski definition) is 1. The molecule has 0 amide bonds. The van der Waals surface area contributed by atoms with Crippen LogP contribution in [0.1, 0.15) is 89.1 Å². The van der Waals surface area contributed by atoms with Crippen LogP contribution in [0, 0.1) is 6.92 Å². The summed E-state index contributed by atoms with van der Waals surface area (Å²) in [5.74, 6) is 0.130. The standard InChI is InChI=1S/C33H42N2O5S/c1-22-17-24(19-25(18-22)32(2,3)4)23-15-16-30(34-20-23)41(37,38)35-28-13-9-8-11-27-26(28)12-10-14-29(27)39-21-31(36)40-33(5,6)7/h10,12,14-20,28,35H,8-9,11,13,21H2,1-7H3. The number of aromatic nitrogens is 1. The molecule has 0 spiro atoms. The van der Waals surface area contributed by atoms with E-state index in [4.69, 9.17) is 9.47 Å². The molecule has 4 rings (SSSR count). The van der Waals surface area contributed by atoms with Gasteiger partial charge >= 0.3 is 5.97 Å². The Labute approximate surface area is 244 Å². The summed E-state index contributed by atoms with van der Waals surface area (Å²) in [5, 5.41) is -0.0203. The molecule has 7 nitrogen and oxygen atoms in total.